The number of carbonyl (C=O) groups is 2. The molecule has 5 heteroatoms. The molecule has 27 heavy (non-hydrogen) atoms. The number of allylic oxidation sites excluding steroid dienone is 2. The van der Waals surface area contributed by atoms with Crippen molar-refractivity contribution in [2.24, 2.45) is 11.8 Å². The second-order valence-corrected chi connectivity index (χ2v) is 7.94. The molecule has 154 valence electrons. The molecular weight excluding hydrogens is 344 g/mol. The zero-order valence-corrected chi connectivity index (χ0v) is 16.8. The molecule has 1 fully saturated rings. The quantitative estimate of drug-likeness (QED) is 0.337. The van der Waals surface area contributed by atoms with Crippen LogP contribution in [-0.4, -0.2) is 45.2 Å². The lowest BCUT2D eigenvalue weighted by Crippen LogP contribution is -2.23. The predicted octanol–water partition coefficient (Wildman–Crippen LogP) is 3.12. The molecule has 0 radical (unpaired) electrons. The molecule has 4 atom stereocenters. The Morgan fingerprint density at radius 3 is 2.63 bits per heavy atom. The minimum Gasteiger partial charge on any atom is -0.392 e. The molecule has 3 N–H and O–H groups in total. The van der Waals surface area contributed by atoms with Crippen LogP contribution in [0.4, 0.5) is 0 Å². The van der Waals surface area contributed by atoms with Gasteiger partial charge in [0.25, 0.3) is 0 Å². The van der Waals surface area contributed by atoms with Crippen molar-refractivity contribution in [2.45, 2.75) is 83.3 Å². The fourth-order valence-electron chi connectivity index (χ4n) is 3.46. The van der Waals surface area contributed by atoms with Crippen LogP contribution in [0, 0.1) is 11.8 Å². The highest BCUT2D eigenvalue weighted by molar-refractivity contribution is 5.86. The zero-order valence-electron chi connectivity index (χ0n) is 16.8. The van der Waals surface area contributed by atoms with E-state index in [1.54, 1.807) is 0 Å². The molecule has 0 aromatic carbocycles. The Balaban J connectivity index is 2.51. The van der Waals surface area contributed by atoms with Crippen molar-refractivity contribution in [3.8, 4) is 0 Å². The molecule has 1 saturated carbocycles. The molecule has 0 saturated heterocycles. The highest BCUT2D eigenvalue weighted by atomic mass is 16.3. The van der Waals surface area contributed by atoms with E-state index in [4.69, 9.17) is 5.11 Å². The van der Waals surface area contributed by atoms with Gasteiger partial charge in [-0.05, 0) is 39.0 Å². The number of aliphatic hydroxyl groups is 3. The highest BCUT2D eigenvalue weighted by Gasteiger charge is 2.38. The van der Waals surface area contributed by atoms with E-state index in [2.05, 4.69) is 6.92 Å². The van der Waals surface area contributed by atoms with Crippen molar-refractivity contribution >= 4 is 11.6 Å². The van der Waals surface area contributed by atoms with Gasteiger partial charge < -0.3 is 15.3 Å². The molecule has 3 unspecified atom stereocenters. The summed E-state index contributed by atoms with van der Waals surface area (Å²) in [7, 11) is 0. The van der Waals surface area contributed by atoms with Crippen molar-refractivity contribution in [1.82, 2.24) is 0 Å². The number of unbranched alkanes of at least 4 members (excludes halogenated alkanes) is 3. The van der Waals surface area contributed by atoms with E-state index >= 15 is 0 Å². The van der Waals surface area contributed by atoms with Gasteiger partial charge in [-0.2, -0.15) is 0 Å². The Hall–Kier alpha value is -1.30. The van der Waals surface area contributed by atoms with Gasteiger partial charge in [0.2, 0.25) is 0 Å². The lowest BCUT2D eigenvalue weighted by Gasteiger charge is -2.22. The van der Waals surface area contributed by atoms with Crippen LogP contribution in [-0.2, 0) is 9.59 Å². The lowest BCUT2D eigenvalue weighted by atomic mass is 9.90. The van der Waals surface area contributed by atoms with Crippen LogP contribution in [0.2, 0.25) is 0 Å². The number of Topliss-reactive ketones (excluding diaryl/α,β-unsaturated/α-hetero) is 2. The average molecular weight is 381 g/mol. The van der Waals surface area contributed by atoms with E-state index in [9.17, 15) is 19.8 Å². The molecule has 0 spiro atoms. The van der Waals surface area contributed by atoms with E-state index in [0.717, 1.165) is 38.5 Å². The van der Waals surface area contributed by atoms with Crippen LogP contribution in [0.3, 0.4) is 0 Å². The average Bonchev–Trinajstić information content (AvgIpc) is 2.89. The summed E-state index contributed by atoms with van der Waals surface area (Å²) in [6.07, 6.45) is 13.0. The van der Waals surface area contributed by atoms with Gasteiger partial charge in [-0.1, -0.05) is 44.1 Å². The van der Waals surface area contributed by atoms with Crippen molar-refractivity contribution < 1.29 is 24.9 Å². The number of aliphatic hydroxyl groups excluding tert-OH is 2. The minimum absolute atomic E-state index is 0.0431. The van der Waals surface area contributed by atoms with Crippen molar-refractivity contribution in [3.05, 3.63) is 24.3 Å². The molecule has 0 aromatic heterocycles. The second kappa shape index (κ2) is 12.2. The number of hydrogen-bond donors (Lipinski definition) is 3. The van der Waals surface area contributed by atoms with Gasteiger partial charge >= 0.3 is 0 Å². The van der Waals surface area contributed by atoms with Crippen LogP contribution in [0.5, 0.6) is 0 Å². The van der Waals surface area contributed by atoms with E-state index in [-0.39, 0.29) is 29.8 Å². The van der Waals surface area contributed by atoms with Gasteiger partial charge in [-0.25, -0.2) is 0 Å². The van der Waals surface area contributed by atoms with Crippen LogP contribution < -0.4 is 0 Å². The smallest absolute Gasteiger partial charge is 0.158 e. The van der Waals surface area contributed by atoms with Crippen molar-refractivity contribution in [1.29, 1.82) is 0 Å². The zero-order chi connectivity index (χ0) is 20.3. The summed E-state index contributed by atoms with van der Waals surface area (Å²) >= 11 is 0. The molecule has 0 amide bonds. The van der Waals surface area contributed by atoms with Crippen LogP contribution in [0.25, 0.3) is 0 Å². The lowest BCUT2D eigenvalue weighted by molar-refractivity contribution is -0.122. The monoisotopic (exact) mass is 380 g/mol. The topological polar surface area (TPSA) is 94.8 Å². The summed E-state index contributed by atoms with van der Waals surface area (Å²) in [4.78, 5) is 23.2. The molecule has 0 aliphatic heterocycles. The Morgan fingerprint density at radius 1 is 1.22 bits per heavy atom. The number of carbonyl (C=O) groups excluding carboxylic acids is 2. The molecule has 1 aliphatic rings. The van der Waals surface area contributed by atoms with Gasteiger partial charge in [0, 0.05) is 24.7 Å². The maximum atomic E-state index is 12.2. The molecule has 5 nitrogen and oxygen atoms in total. The summed E-state index contributed by atoms with van der Waals surface area (Å²) in [6.45, 7) is 3.51. The van der Waals surface area contributed by atoms with Crippen LogP contribution >= 0.6 is 0 Å². The number of ketones is 2. The molecule has 0 heterocycles. The van der Waals surface area contributed by atoms with Gasteiger partial charge in [-0.15, -0.1) is 0 Å². The van der Waals surface area contributed by atoms with Crippen LogP contribution in [0.1, 0.15) is 71.6 Å². The fraction of sp³-hybridized carbons (Fsp3) is 0.727. The largest absolute Gasteiger partial charge is 0.392 e. The predicted molar refractivity (Wildman–Crippen MR) is 106 cm³/mol. The van der Waals surface area contributed by atoms with Gasteiger partial charge in [0.15, 0.2) is 5.78 Å². The van der Waals surface area contributed by atoms with E-state index in [1.807, 2.05) is 31.2 Å². The first kappa shape index (κ1) is 23.7. The third-order valence-electron chi connectivity index (χ3n) is 5.22. The third kappa shape index (κ3) is 8.96. The SMILES string of the molecule is CCCC[C@](C)(O)C/C=C/C1C(O)CC(=O)C1C=CCCCCC(=O)CO. The maximum Gasteiger partial charge on any atom is 0.158 e. The molecule has 0 bridgehead atoms. The molecule has 1 aliphatic carbocycles. The number of hydrogen-bond acceptors (Lipinski definition) is 5. The van der Waals surface area contributed by atoms with Gasteiger partial charge in [0.05, 0.1) is 11.7 Å². The Morgan fingerprint density at radius 2 is 1.96 bits per heavy atom. The molecular formula is C22H36O5. The summed E-state index contributed by atoms with van der Waals surface area (Å²) in [6, 6.07) is 0. The maximum absolute atomic E-state index is 12.2. The first-order chi connectivity index (χ1) is 12.8. The Kier molecular flexibility index (Phi) is 10.7. The van der Waals surface area contributed by atoms with Crippen molar-refractivity contribution in [2.75, 3.05) is 6.61 Å². The van der Waals surface area contributed by atoms with Gasteiger partial charge in [-0.3, -0.25) is 9.59 Å². The Bertz CT molecular complexity index is 521. The normalized spacial score (nSPS) is 25.5. The summed E-state index contributed by atoms with van der Waals surface area (Å²) in [5.41, 5.74) is -0.753. The minimum atomic E-state index is -0.753. The first-order valence-corrected chi connectivity index (χ1v) is 10.2. The van der Waals surface area contributed by atoms with E-state index in [1.165, 1.54) is 0 Å². The number of rotatable bonds is 13. The molecule has 1 rings (SSSR count). The Labute approximate surface area is 163 Å². The van der Waals surface area contributed by atoms with Crippen molar-refractivity contribution in [3.63, 3.8) is 0 Å². The van der Waals surface area contributed by atoms with E-state index in [0.29, 0.717) is 12.8 Å². The second-order valence-electron chi connectivity index (χ2n) is 7.94. The highest BCUT2D eigenvalue weighted by Crippen LogP contribution is 2.32. The summed E-state index contributed by atoms with van der Waals surface area (Å²) < 4.78 is 0. The van der Waals surface area contributed by atoms with E-state index < -0.39 is 18.3 Å². The third-order valence-corrected chi connectivity index (χ3v) is 5.22. The van der Waals surface area contributed by atoms with Gasteiger partial charge in [0.1, 0.15) is 12.4 Å². The molecule has 0 aromatic rings. The summed E-state index contributed by atoms with van der Waals surface area (Å²) in [5, 5.41) is 29.2. The first-order valence-electron chi connectivity index (χ1n) is 10.2. The summed E-state index contributed by atoms with van der Waals surface area (Å²) in [5.74, 6) is -0.669. The fourth-order valence-corrected chi connectivity index (χ4v) is 3.46. The standard InChI is InChI=1S/C22H36O5/c1-3-4-13-22(2,27)14-9-12-19-18(20(25)15-21(19)26)11-8-6-5-7-10-17(24)16-23/h8-9,11-12,18-19,21,23,26-27H,3-7,10,13-16H2,1-2H3/b11-8?,12-9+/t18?,19?,21?,22-/m0/s1. The van der Waals surface area contributed by atoms with Crippen LogP contribution in [0.15, 0.2) is 24.3 Å².